The van der Waals surface area contributed by atoms with Gasteiger partial charge in [-0.15, -0.1) is 0 Å². The average Bonchev–Trinajstić information content (AvgIpc) is 2.83. The van der Waals surface area contributed by atoms with Crippen molar-refractivity contribution in [3.8, 4) is 0 Å². The first kappa shape index (κ1) is 9.36. The molecule has 0 amide bonds. The van der Waals surface area contributed by atoms with E-state index in [-0.39, 0.29) is 0 Å². The van der Waals surface area contributed by atoms with E-state index >= 15 is 0 Å². The topological polar surface area (TPSA) is 33.1 Å². The molecule has 3 rings (SSSR count). The number of aryl methyl sites for hydroxylation is 1. The minimum Gasteiger partial charge on any atom is -0.337 e. The van der Waals surface area contributed by atoms with Gasteiger partial charge in [0, 0.05) is 32.9 Å². The third-order valence-corrected chi connectivity index (χ3v) is 3.77. The van der Waals surface area contributed by atoms with Gasteiger partial charge in [0.25, 0.3) is 0 Å². The number of likely N-dealkylation sites (tertiary alicyclic amines) is 1. The summed E-state index contributed by atoms with van der Waals surface area (Å²) in [7, 11) is 2.07. The summed E-state index contributed by atoms with van der Waals surface area (Å²) in [6.45, 7) is 5.99. The molecule has 4 heteroatoms. The van der Waals surface area contributed by atoms with Crippen LogP contribution in [0.3, 0.4) is 0 Å². The number of aromatic nitrogens is 2. The zero-order chi connectivity index (χ0) is 10.3. The molecule has 0 spiro atoms. The monoisotopic (exact) mass is 206 g/mol. The van der Waals surface area contributed by atoms with Crippen molar-refractivity contribution in [1.82, 2.24) is 19.8 Å². The highest BCUT2D eigenvalue weighted by Crippen LogP contribution is 2.27. The molecule has 0 saturated carbocycles. The van der Waals surface area contributed by atoms with Crippen LogP contribution in [0.25, 0.3) is 0 Å². The predicted octanol–water partition coefficient (Wildman–Crippen LogP) is 0.0713. The number of imidazole rings is 1. The van der Waals surface area contributed by atoms with Crippen LogP contribution in [0.15, 0.2) is 12.5 Å². The number of nitrogens with one attached hydrogen (secondary N) is 1. The van der Waals surface area contributed by atoms with Gasteiger partial charge in [-0.3, -0.25) is 4.90 Å². The lowest BCUT2D eigenvalue weighted by Gasteiger charge is -2.16. The van der Waals surface area contributed by atoms with Gasteiger partial charge in [0.15, 0.2) is 0 Å². The second-order valence-electron chi connectivity index (χ2n) is 4.87. The first-order valence-electron chi connectivity index (χ1n) is 5.71. The minimum absolute atomic E-state index is 0.887. The van der Waals surface area contributed by atoms with Crippen LogP contribution < -0.4 is 5.32 Å². The van der Waals surface area contributed by atoms with Crippen molar-refractivity contribution < 1.29 is 0 Å². The van der Waals surface area contributed by atoms with E-state index in [1.165, 1.54) is 31.9 Å². The van der Waals surface area contributed by atoms with E-state index in [0.29, 0.717) is 0 Å². The molecule has 1 aromatic heterocycles. The fourth-order valence-corrected chi connectivity index (χ4v) is 2.85. The van der Waals surface area contributed by atoms with Crippen LogP contribution in [0.5, 0.6) is 0 Å². The van der Waals surface area contributed by atoms with E-state index in [9.17, 15) is 0 Å². The lowest BCUT2D eigenvalue weighted by atomic mass is 10.0. The molecule has 0 bridgehead atoms. The summed E-state index contributed by atoms with van der Waals surface area (Å²) in [5.41, 5.74) is 1.32. The van der Waals surface area contributed by atoms with Crippen molar-refractivity contribution in [3.05, 3.63) is 18.2 Å². The maximum absolute atomic E-state index is 4.16. The number of fused-ring (bicyclic) bond motifs is 1. The van der Waals surface area contributed by atoms with Crippen LogP contribution in [-0.2, 0) is 13.6 Å². The van der Waals surface area contributed by atoms with Crippen LogP contribution in [-0.4, -0.2) is 40.6 Å². The van der Waals surface area contributed by atoms with Crippen molar-refractivity contribution in [2.24, 2.45) is 18.9 Å². The Morgan fingerprint density at radius 3 is 2.73 bits per heavy atom. The number of nitrogens with zero attached hydrogens (tertiary/aromatic N) is 3. The van der Waals surface area contributed by atoms with Crippen molar-refractivity contribution in [1.29, 1.82) is 0 Å². The molecule has 4 nitrogen and oxygen atoms in total. The Labute approximate surface area is 90.3 Å². The molecule has 1 N–H and O–H groups in total. The summed E-state index contributed by atoms with van der Waals surface area (Å²) in [6, 6.07) is 0. The van der Waals surface area contributed by atoms with E-state index < -0.39 is 0 Å². The standard InChI is InChI=1S/C11H18N4/c1-14-8-13-4-11(14)7-15-5-9-2-12-3-10(9)6-15/h4,8-10,12H,2-3,5-7H2,1H3. The lowest BCUT2D eigenvalue weighted by Crippen LogP contribution is -2.26. The SMILES string of the molecule is Cn1cncc1CN1CC2CNCC2C1. The van der Waals surface area contributed by atoms with Crippen LogP contribution in [0.4, 0.5) is 0 Å². The Kier molecular flexibility index (Phi) is 2.25. The van der Waals surface area contributed by atoms with Crippen molar-refractivity contribution in [2.45, 2.75) is 6.54 Å². The number of hydrogen-bond acceptors (Lipinski definition) is 3. The second kappa shape index (κ2) is 3.61. The van der Waals surface area contributed by atoms with Gasteiger partial charge in [-0.05, 0) is 24.9 Å². The highest BCUT2D eigenvalue weighted by Gasteiger charge is 2.35. The summed E-state index contributed by atoms with van der Waals surface area (Å²) in [4.78, 5) is 6.72. The maximum Gasteiger partial charge on any atom is 0.0945 e. The highest BCUT2D eigenvalue weighted by atomic mass is 15.2. The Morgan fingerprint density at radius 1 is 1.40 bits per heavy atom. The molecular formula is C11H18N4. The fourth-order valence-electron chi connectivity index (χ4n) is 2.85. The molecule has 2 aliphatic heterocycles. The molecule has 2 unspecified atom stereocenters. The molecular weight excluding hydrogens is 188 g/mol. The molecule has 82 valence electrons. The third-order valence-electron chi connectivity index (χ3n) is 3.77. The Morgan fingerprint density at radius 2 is 2.13 bits per heavy atom. The largest absolute Gasteiger partial charge is 0.337 e. The lowest BCUT2D eigenvalue weighted by molar-refractivity contribution is 0.299. The summed E-state index contributed by atoms with van der Waals surface area (Å²) in [5, 5.41) is 3.47. The van der Waals surface area contributed by atoms with E-state index in [0.717, 1.165) is 18.4 Å². The maximum atomic E-state index is 4.16. The van der Waals surface area contributed by atoms with E-state index in [1.54, 1.807) is 0 Å². The Hall–Kier alpha value is -0.870. The number of hydrogen-bond donors (Lipinski definition) is 1. The normalized spacial score (nSPS) is 31.0. The van der Waals surface area contributed by atoms with E-state index in [2.05, 4.69) is 26.8 Å². The number of rotatable bonds is 2. The molecule has 1 aromatic rings. The van der Waals surface area contributed by atoms with E-state index in [4.69, 9.17) is 0 Å². The summed E-state index contributed by atoms with van der Waals surface area (Å²) in [6.07, 6.45) is 3.86. The summed E-state index contributed by atoms with van der Waals surface area (Å²) < 4.78 is 2.12. The molecule has 2 fully saturated rings. The molecule has 2 saturated heterocycles. The van der Waals surface area contributed by atoms with Gasteiger partial charge in [-0.25, -0.2) is 4.98 Å². The molecule has 0 aliphatic carbocycles. The van der Waals surface area contributed by atoms with Gasteiger partial charge in [-0.1, -0.05) is 0 Å². The molecule has 3 heterocycles. The third kappa shape index (κ3) is 1.68. The van der Waals surface area contributed by atoms with Crippen LogP contribution in [0, 0.1) is 11.8 Å². The van der Waals surface area contributed by atoms with Crippen LogP contribution in [0.1, 0.15) is 5.69 Å². The van der Waals surface area contributed by atoms with Gasteiger partial charge >= 0.3 is 0 Å². The van der Waals surface area contributed by atoms with Gasteiger partial charge in [0.2, 0.25) is 0 Å². The van der Waals surface area contributed by atoms with Crippen LogP contribution >= 0.6 is 0 Å². The van der Waals surface area contributed by atoms with Crippen molar-refractivity contribution in [3.63, 3.8) is 0 Å². The van der Waals surface area contributed by atoms with Gasteiger partial charge < -0.3 is 9.88 Å². The quantitative estimate of drug-likeness (QED) is 0.743. The zero-order valence-corrected chi connectivity index (χ0v) is 9.19. The van der Waals surface area contributed by atoms with Crippen LogP contribution in [0.2, 0.25) is 0 Å². The first-order valence-corrected chi connectivity index (χ1v) is 5.71. The fraction of sp³-hybridized carbons (Fsp3) is 0.727. The molecule has 0 aromatic carbocycles. The molecule has 2 aliphatic rings. The van der Waals surface area contributed by atoms with Gasteiger partial charge in [-0.2, -0.15) is 0 Å². The van der Waals surface area contributed by atoms with E-state index in [1.807, 2.05) is 12.5 Å². The van der Waals surface area contributed by atoms with Crippen molar-refractivity contribution in [2.75, 3.05) is 26.2 Å². The average molecular weight is 206 g/mol. The van der Waals surface area contributed by atoms with Gasteiger partial charge in [0.1, 0.15) is 0 Å². The molecule has 15 heavy (non-hydrogen) atoms. The minimum atomic E-state index is 0.887. The summed E-state index contributed by atoms with van der Waals surface area (Å²) in [5.74, 6) is 1.77. The Bertz CT molecular complexity index is 334. The van der Waals surface area contributed by atoms with Gasteiger partial charge in [0.05, 0.1) is 12.0 Å². The molecule has 0 radical (unpaired) electrons. The predicted molar refractivity (Wildman–Crippen MR) is 58.3 cm³/mol. The van der Waals surface area contributed by atoms with Crippen molar-refractivity contribution >= 4 is 0 Å². The summed E-state index contributed by atoms with van der Waals surface area (Å²) >= 11 is 0. The zero-order valence-electron chi connectivity index (χ0n) is 9.19. The second-order valence-corrected chi connectivity index (χ2v) is 4.87. The Balaban J connectivity index is 1.64. The highest BCUT2D eigenvalue weighted by molar-refractivity contribution is 5.00. The smallest absolute Gasteiger partial charge is 0.0945 e. The first-order chi connectivity index (χ1) is 7.33. The molecule has 2 atom stereocenters.